The van der Waals surface area contributed by atoms with Gasteiger partial charge in [0.25, 0.3) is 0 Å². The van der Waals surface area contributed by atoms with E-state index in [1.807, 2.05) is 36.0 Å². The van der Waals surface area contributed by atoms with Crippen molar-refractivity contribution in [2.24, 2.45) is 0 Å². The predicted octanol–water partition coefficient (Wildman–Crippen LogP) is 0.941. The Hall–Kier alpha value is -2.44. The van der Waals surface area contributed by atoms with Crippen LogP contribution in [0.2, 0.25) is 0 Å². The lowest BCUT2D eigenvalue weighted by Crippen LogP contribution is -2.26. The molecule has 0 unspecified atom stereocenters. The molecule has 0 aliphatic rings. The Kier molecular flexibility index (Phi) is 4.29. The van der Waals surface area contributed by atoms with Crippen LogP contribution in [-0.4, -0.2) is 40.6 Å². The molecule has 0 saturated carbocycles. The average molecular weight is 273 g/mol. The third-order valence-electron chi connectivity index (χ3n) is 2.82. The zero-order valence-electron chi connectivity index (χ0n) is 12.0. The lowest BCUT2D eigenvalue weighted by Gasteiger charge is -2.22. The SMILES string of the molecule is CCN(Cc1ccncc1)c1nc(N)nc(N(C)C)n1. The van der Waals surface area contributed by atoms with E-state index in [1.165, 1.54) is 0 Å². The van der Waals surface area contributed by atoms with Crippen molar-refractivity contribution in [2.75, 3.05) is 36.2 Å². The second-order valence-electron chi connectivity index (χ2n) is 4.56. The van der Waals surface area contributed by atoms with Crippen molar-refractivity contribution in [3.8, 4) is 0 Å². The van der Waals surface area contributed by atoms with Crippen molar-refractivity contribution in [1.82, 2.24) is 19.9 Å². The van der Waals surface area contributed by atoms with Crippen LogP contribution in [0.5, 0.6) is 0 Å². The van der Waals surface area contributed by atoms with Gasteiger partial charge in [-0.1, -0.05) is 0 Å². The van der Waals surface area contributed by atoms with E-state index in [1.54, 1.807) is 12.4 Å². The van der Waals surface area contributed by atoms with Crippen molar-refractivity contribution in [3.63, 3.8) is 0 Å². The van der Waals surface area contributed by atoms with E-state index in [0.29, 0.717) is 18.4 Å². The fraction of sp³-hybridized carbons (Fsp3) is 0.385. The molecule has 7 nitrogen and oxygen atoms in total. The number of hydrogen-bond donors (Lipinski definition) is 1. The highest BCUT2D eigenvalue weighted by molar-refractivity contribution is 5.43. The molecular formula is C13H19N7. The summed E-state index contributed by atoms with van der Waals surface area (Å²) < 4.78 is 0. The highest BCUT2D eigenvalue weighted by atomic mass is 15.3. The minimum absolute atomic E-state index is 0.229. The lowest BCUT2D eigenvalue weighted by atomic mass is 10.2. The minimum atomic E-state index is 0.229. The van der Waals surface area contributed by atoms with Crippen LogP contribution in [0.3, 0.4) is 0 Å². The first-order valence-electron chi connectivity index (χ1n) is 6.43. The summed E-state index contributed by atoms with van der Waals surface area (Å²) in [6.45, 7) is 3.53. The first-order chi connectivity index (χ1) is 9.60. The number of nitrogens with zero attached hydrogens (tertiary/aromatic N) is 6. The lowest BCUT2D eigenvalue weighted by molar-refractivity contribution is 0.781. The Morgan fingerprint density at radius 1 is 1.05 bits per heavy atom. The molecule has 2 rings (SSSR count). The van der Waals surface area contributed by atoms with E-state index in [4.69, 9.17) is 5.73 Å². The van der Waals surface area contributed by atoms with Crippen LogP contribution >= 0.6 is 0 Å². The summed E-state index contributed by atoms with van der Waals surface area (Å²) >= 11 is 0. The summed E-state index contributed by atoms with van der Waals surface area (Å²) in [4.78, 5) is 20.6. The Labute approximate surface area is 118 Å². The molecule has 0 saturated heterocycles. The quantitative estimate of drug-likeness (QED) is 0.867. The maximum Gasteiger partial charge on any atom is 0.232 e. The number of rotatable bonds is 5. The van der Waals surface area contributed by atoms with E-state index in [-0.39, 0.29) is 5.95 Å². The zero-order chi connectivity index (χ0) is 14.5. The molecule has 0 fully saturated rings. The van der Waals surface area contributed by atoms with Gasteiger partial charge in [-0.25, -0.2) is 0 Å². The molecule has 2 heterocycles. The Morgan fingerprint density at radius 2 is 1.70 bits per heavy atom. The summed E-state index contributed by atoms with van der Waals surface area (Å²) in [5.74, 6) is 1.37. The summed E-state index contributed by atoms with van der Waals surface area (Å²) in [5.41, 5.74) is 6.90. The van der Waals surface area contributed by atoms with Crippen LogP contribution in [0.1, 0.15) is 12.5 Å². The standard InChI is InChI=1S/C13H19N7/c1-4-20(9-10-5-7-15-8-6-10)13-17-11(14)16-12(18-13)19(2)3/h5-8H,4,9H2,1-3H3,(H2,14,16,17,18). The maximum atomic E-state index is 5.76. The molecule has 0 aliphatic heterocycles. The van der Waals surface area contributed by atoms with Gasteiger partial charge in [0.1, 0.15) is 0 Å². The van der Waals surface area contributed by atoms with Crippen molar-refractivity contribution >= 4 is 17.8 Å². The summed E-state index contributed by atoms with van der Waals surface area (Å²) in [7, 11) is 3.75. The molecule has 0 atom stereocenters. The summed E-state index contributed by atoms with van der Waals surface area (Å²) in [6, 6.07) is 3.94. The van der Waals surface area contributed by atoms with Gasteiger partial charge < -0.3 is 15.5 Å². The van der Waals surface area contributed by atoms with Crippen molar-refractivity contribution in [2.45, 2.75) is 13.5 Å². The van der Waals surface area contributed by atoms with Gasteiger partial charge in [0.15, 0.2) is 0 Å². The average Bonchev–Trinajstić information content (AvgIpc) is 2.45. The van der Waals surface area contributed by atoms with Gasteiger partial charge in [0, 0.05) is 39.6 Å². The first kappa shape index (κ1) is 14.0. The van der Waals surface area contributed by atoms with Crippen LogP contribution in [0.15, 0.2) is 24.5 Å². The van der Waals surface area contributed by atoms with Crippen molar-refractivity contribution < 1.29 is 0 Å². The molecule has 0 spiro atoms. The molecule has 2 aromatic rings. The molecular weight excluding hydrogens is 254 g/mol. The van der Waals surface area contributed by atoms with E-state index in [9.17, 15) is 0 Å². The fourth-order valence-corrected chi connectivity index (χ4v) is 1.74. The molecule has 0 aromatic carbocycles. The van der Waals surface area contributed by atoms with Crippen molar-refractivity contribution in [1.29, 1.82) is 0 Å². The molecule has 20 heavy (non-hydrogen) atoms. The predicted molar refractivity (Wildman–Crippen MR) is 79.5 cm³/mol. The summed E-state index contributed by atoms with van der Waals surface area (Å²) in [5, 5.41) is 0. The Morgan fingerprint density at radius 3 is 2.30 bits per heavy atom. The molecule has 0 amide bonds. The van der Waals surface area contributed by atoms with Crippen LogP contribution in [-0.2, 0) is 6.54 Å². The fourth-order valence-electron chi connectivity index (χ4n) is 1.74. The van der Waals surface area contributed by atoms with Crippen LogP contribution in [0.25, 0.3) is 0 Å². The summed E-state index contributed by atoms with van der Waals surface area (Å²) in [6.07, 6.45) is 3.55. The molecule has 106 valence electrons. The number of pyridine rings is 1. The van der Waals surface area contributed by atoms with E-state index < -0.39 is 0 Å². The molecule has 0 aliphatic carbocycles. The van der Waals surface area contributed by atoms with Crippen LogP contribution in [0.4, 0.5) is 17.8 Å². The largest absolute Gasteiger partial charge is 0.368 e. The van der Waals surface area contributed by atoms with Gasteiger partial charge in [-0.2, -0.15) is 15.0 Å². The smallest absolute Gasteiger partial charge is 0.232 e. The Bertz CT molecular complexity index is 556. The van der Waals surface area contributed by atoms with Gasteiger partial charge in [0.2, 0.25) is 17.8 Å². The number of aromatic nitrogens is 4. The van der Waals surface area contributed by atoms with Gasteiger partial charge in [-0.05, 0) is 24.6 Å². The topological polar surface area (TPSA) is 84.1 Å². The third-order valence-corrected chi connectivity index (χ3v) is 2.82. The Balaban J connectivity index is 2.27. The first-order valence-corrected chi connectivity index (χ1v) is 6.43. The second-order valence-corrected chi connectivity index (χ2v) is 4.56. The number of hydrogen-bond acceptors (Lipinski definition) is 7. The van der Waals surface area contributed by atoms with Crippen LogP contribution in [0, 0.1) is 0 Å². The normalized spacial score (nSPS) is 10.3. The minimum Gasteiger partial charge on any atom is -0.368 e. The maximum absolute atomic E-state index is 5.76. The number of anilines is 3. The number of nitrogens with two attached hydrogens (primary N) is 1. The molecule has 2 N–H and O–H groups in total. The molecule has 0 bridgehead atoms. The van der Waals surface area contributed by atoms with E-state index in [0.717, 1.165) is 12.1 Å². The van der Waals surface area contributed by atoms with Gasteiger partial charge in [-0.3, -0.25) is 4.98 Å². The zero-order valence-corrected chi connectivity index (χ0v) is 12.0. The van der Waals surface area contributed by atoms with Gasteiger partial charge in [0.05, 0.1) is 0 Å². The monoisotopic (exact) mass is 273 g/mol. The second kappa shape index (κ2) is 6.14. The van der Waals surface area contributed by atoms with E-state index in [2.05, 4.69) is 26.9 Å². The van der Waals surface area contributed by atoms with Gasteiger partial charge >= 0.3 is 0 Å². The number of nitrogen functional groups attached to an aromatic ring is 1. The highest BCUT2D eigenvalue weighted by Crippen LogP contribution is 2.15. The van der Waals surface area contributed by atoms with Crippen LogP contribution < -0.4 is 15.5 Å². The highest BCUT2D eigenvalue weighted by Gasteiger charge is 2.12. The van der Waals surface area contributed by atoms with E-state index >= 15 is 0 Å². The molecule has 7 heteroatoms. The molecule has 2 aromatic heterocycles. The molecule has 0 radical (unpaired) electrons. The third kappa shape index (κ3) is 3.31. The van der Waals surface area contributed by atoms with Gasteiger partial charge in [-0.15, -0.1) is 0 Å². The van der Waals surface area contributed by atoms with Crippen molar-refractivity contribution in [3.05, 3.63) is 30.1 Å².